The van der Waals surface area contributed by atoms with Crippen LogP contribution < -0.4 is 0 Å². The van der Waals surface area contributed by atoms with Gasteiger partial charge in [0.05, 0.1) is 144 Å². The number of hydrogen-bond donors (Lipinski definition) is 0. The van der Waals surface area contributed by atoms with Gasteiger partial charge < -0.3 is 9.13 Å². The van der Waals surface area contributed by atoms with Crippen LogP contribution in [-0.4, -0.2) is 9.13 Å². The molecule has 0 aliphatic heterocycles. The van der Waals surface area contributed by atoms with Crippen LogP contribution in [0.3, 0.4) is 0 Å². The zero-order valence-electron chi connectivity index (χ0n) is 44.2. The van der Waals surface area contributed by atoms with Crippen molar-refractivity contribution in [2.45, 2.75) is 6.18 Å². The quantitative estimate of drug-likeness (QED) is 0.146. The lowest BCUT2D eigenvalue weighted by molar-refractivity contribution is -0.137. The molecule has 394 valence electrons. The van der Waals surface area contributed by atoms with Crippen molar-refractivity contribution in [1.82, 2.24) is 9.13 Å². The third kappa shape index (κ3) is 8.73. The number of aromatic nitrogens is 2. The van der Waals surface area contributed by atoms with Gasteiger partial charge in [-0.3, -0.25) is 0 Å². The maximum Gasteiger partial charge on any atom is 0.416 e. The molecule has 0 saturated carbocycles. The Bertz CT molecular complexity index is 4930. The van der Waals surface area contributed by atoms with Crippen LogP contribution in [0, 0.1) is 113 Å². The fraction of sp³-hybridized carbons (Fsp3) is 0.0141. The summed E-state index contributed by atoms with van der Waals surface area (Å²) in [5.41, 5.74) is 8.02. The van der Waals surface area contributed by atoms with Crippen LogP contribution in [-0.2, 0) is 6.18 Å². The van der Waals surface area contributed by atoms with Gasteiger partial charge >= 0.3 is 6.18 Å². The summed E-state index contributed by atoms with van der Waals surface area (Å²) in [6, 6.07) is 68.6. The predicted octanol–water partition coefficient (Wildman–Crippen LogP) is 16.0. The molecular formula is C71H29F3N12. The van der Waals surface area contributed by atoms with Crippen LogP contribution in [0.25, 0.3) is 111 Å². The monoisotopic (exact) mass is 1110 g/mol. The molecule has 0 radical (unpaired) electrons. The normalized spacial score (nSPS) is 10.8. The van der Waals surface area contributed by atoms with Crippen molar-refractivity contribution in [3.63, 3.8) is 0 Å². The van der Waals surface area contributed by atoms with E-state index in [1.165, 1.54) is 30.3 Å². The van der Waals surface area contributed by atoms with Gasteiger partial charge in [0.1, 0.15) is 11.6 Å². The Hall–Kier alpha value is -13.5. The van der Waals surface area contributed by atoms with Crippen LogP contribution >= 0.6 is 0 Å². The number of alkyl halides is 3. The van der Waals surface area contributed by atoms with E-state index in [1.807, 2.05) is 39.5 Å². The number of benzene rings is 10. The van der Waals surface area contributed by atoms with Crippen molar-refractivity contribution < 1.29 is 13.2 Å². The minimum Gasteiger partial charge on any atom is -0.308 e. The highest BCUT2D eigenvalue weighted by atomic mass is 19.4. The third-order valence-electron chi connectivity index (χ3n) is 15.3. The Balaban J connectivity index is 1.21. The van der Waals surface area contributed by atoms with E-state index in [9.17, 15) is 65.8 Å². The fourth-order valence-corrected chi connectivity index (χ4v) is 11.4. The second-order valence-electron chi connectivity index (χ2n) is 19.9. The van der Waals surface area contributed by atoms with Gasteiger partial charge in [-0.05, 0) is 177 Å². The first-order chi connectivity index (χ1) is 41.8. The van der Waals surface area contributed by atoms with Crippen LogP contribution in [0.15, 0.2) is 176 Å². The summed E-state index contributed by atoms with van der Waals surface area (Å²) < 4.78 is 46.9. The molecule has 10 aromatic carbocycles. The number of fused-ring (bicyclic) bond motifs is 6. The average Bonchev–Trinajstić information content (AvgIpc) is 1.86. The van der Waals surface area contributed by atoms with Gasteiger partial charge in [0, 0.05) is 21.5 Å². The first-order valence-electron chi connectivity index (χ1n) is 25.9. The lowest BCUT2D eigenvalue weighted by Gasteiger charge is -2.19. The number of rotatable bonds is 7. The highest BCUT2D eigenvalue weighted by Gasteiger charge is 2.32. The molecule has 86 heavy (non-hydrogen) atoms. The van der Waals surface area contributed by atoms with Crippen LogP contribution in [0.5, 0.6) is 0 Å². The number of nitrogens with zero attached hydrogens (tertiary/aromatic N) is 12. The van der Waals surface area contributed by atoms with Crippen molar-refractivity contribution in [2.24, 2.45) is 0 Å². The van der Waals surface area contributed by atoms with E-state index in [0.717, 1.165) is 12.1 Å². The zero-order chi connectivity index (χ0) is 60.1. The summed E-state index contributed by atoms with van der Waals surface area (Å²) in [6.07, 6.45) is -4.80. The molecule has 2 heterocycles. The molecule has 0 amide bonds. The maximum atomic E-state index is 14.4. The van der Waals surface area contributed by atoms with Crippen molar-refractivity contribution in [1.29, 1.82) is 52.6 Å². The Labute approximate surface area is 487 Å². The summed E-state index contributed by atoms with van der Waals surface area (Å²) in [5.74, 6) is 0. The van der Waals surface area contributed by atoms with E-state index in [2.05, 4.69) is 54.6 Å². The van der Waals surface area contributed by atoms with Gasteiger partial charge in [-0.1, -0.05) is 54.6 Å². The largest absolute Gasteiger partial charge is 0.416 e. The molecule has 2 aromatic heterocycles. The van der Waals surface area contributed by atoms with Gasteiger partial charge in [0.2, 0.25) is 0 Å². The topological polar surface area (TPSA) is 248 Å². The van der Waals surface area contributed by atoms with Gasteiger partial charge in [-0.2, -0.15) is 65.8 Å². The summed E-state index contributed by atoms with van der Waals surface area (Å²) >= 11 is 0. The highest BCUT2D eigenvalue weighted by Crippen LogP contribution is 2.45. The van der Waals surface area contributed by atoms with Crippen LogP contribution in [0.1, 0.15) is 61.2 Å². The predicted molar refractivity (Wildman–Crippen MR) is 314 cm³/mol. The van der Waals surface area contributed by atoms with E-state index in [0.29, 0.717) is 88.1 Å². The molecule has 0 spiro atoms. The smallest absolute Gasteiger partial charge is 0.308 e. The van der Waals surface area contributed by atoms with Crippen molar-refractivity contribution in [3.8, 4) is 128 Å². The van der Waals surface area contributed by atoms with E-state index in [4.69, 9.17) is 0 Å². The average molecular weight is 1110 g/mol. The van der Waals surface area contributed by atoms with Gasteiger partial charge in [-0.15, -0.1) is 0 Å². The summed E-state index contributed by atoms with van der Waals surface area (Å²) in [4.78, 5) is 0. The highest BCUT2D eigenvalue weighted by molar-refractivity contribution is 6.14. The first-order valence-corrected chi connectivity index (χ1v) is 25.9. The molecule has 15 heteroatoms. The third-order valence-corrected chi connectivity index (χ3v) is 15.3. The zero-order valence-corrected chi connectivity index (χ0v) is 44.2. The molecule has 0 fully saturated rings. The minimum atomic E-state index is -4.80. The Morgan fingerprint density at radius 3 is 0.814 bits per heavy atom. The summed E-state index contributed by atoms with van der Waals surface area (Å²) in [5, 5.41) is 105. The molecule has 0 aliphatic rings. The summed E-state index contributed by atoms with van der Waals surface area (Å²) in [7, 11) is 0. The number of halogens is 3. The second-order valence-corrected chi connectivity index (χ2v) is 19.9. The second kappa shape index (κ2) is 20.9. The Kier molecular flexibility index (Phi) is 12.9. The van der Waals surface area contributed by atoms with E-state index < -0.39 is 11.7 Å². The van der Waals surface area contributed by atoms with Gasteiger partial charge in [0.25, 0.3) is 0 Å². The van der Waals surface area contributed by atoms with Gasteiger partial charge in [-0.25, -0.2) is 0 Å². The lowest BCUT2D eigenvalue weighted by Crippen LogP contribution is -2.07. The fourth-order valence-electron chi connectivity index (χ4n) is 11.4. The lowest BCUT2D eigenvalue weighted by atomic mass is 9.95. The number of hydrogen-bond acceptors (Lipinski definition) is 10. The van der Waals surface area contributed by atoms with E-state index >= 15 is 0 Å². The standard InChI is InChI=1S/C71H29F3N12/c72-71(73,74)54-9-14-59(53(23-54)38-83)48-28-69(85-65-15-5-44(55-10-1-40(30-75)19-49(55)34-79)24-60(65)61-25-45(6-16-66(61)85)56-11-2-41(31-76)20-50(56)35-80)64(39-84)70(29-48)86-67-17-7-46(57-12-3-42(32-77)21-51(57)36-81)26-62(67)63-27-47(8-18-68(63)86)58-13-4-43(33-78)22-52(58)37-82/h1-29H. The minimum absolute atomic E-state index is 0.0634. The van der Waals surface area contributed by atoms with Crippen molar-refractivity contribution >= 4 is 43.6 Å². The molecule has 12 rings (SSSR count). The molecule has 0 unspecified atom stereocenters. The molecular weight excluding hydrogens is 1080 g/mol. The first kappa shape index (κ1) is 53.1. The molecule has 0 bridgehead atoms. The number of nitriles is 10. The molecule has 12 aromatic rings. The Morgan fingerprint density at radius 1 is 0.267 bits per heavy atom. The van der Waals surface area contributed by atoms with Crippen molar-refractivity contribution in [2.75, 3.05) is 0 Å². The maximum absolute atomic E-state index is 14.4. The van der Waals surface area contributed by atoms with Crippen molar-refractivity contribution in [3.05, 3.63) is 237 Å². The van der Waals surface area contributed by atoms with Crippen LogP contribution in [0.4, 0.5) is 13.2 Å². The van der Waals surface area contributed by atoms with E-state index in [-0.39, 0.29) is 78.1 Å². The molecule has 12 nitrogen and oxygen atoms in total. The summed E-state index contributed by atoms with van der Waals surface area (Å²) in [6.45, 7) is 0. The molecule has 0 N–H and O–H groups in total. The van der Waals surface area contributed by atoms with Gasteiger partial charge in [0.15, 0.2) is 0 Å². The van der Waals surface area contributed by atoms with Crippen LogP contribution in [0.2, 0.25) is 0 Å². The van der Waals surface area contributed by atoms with E-state index in [1.54, 1.807) is 109 Å². The SMILES string of the molecule is N#Cc1ccc(-c2ccc3c(c2)c2cc(-c4ccc(C#N)cc4C#N)ccc2n3-c2cc(-c3ccc(C(F)(F)F)cc3C#N)cc(-n3c4ccc(-c5ccc(C#N)cc5C#N)cc4c4cc(-c5ccc(C#N)cc5C#N)ccc43)c2C#N)c(C#N)c1. The molecule has 0 saturated heterocycles. The Morgan fingerprint density at radius 2 is 0.547 bits per heavy atom. The molecule has 0 aliphatic carbocycles. The molecule has 0 atom stereocenters.